The fourth-order valence-corrected chi connectivity index (χ4v) is 3.92. The minimum atomic E-state index is -3.42. The van der Waals surface area contributed by atoms with Crippen molar-refractivity contribution in [3.05, 3.63) is 18.0 Å². The fraction of sp³-hybridized carbons (Fsp3) is 0.733. The Labute approximate surface area is 148 Å². The van der Waals surface area contributed by atoms with Crippen LogP contribution in [0.3, 0.4) is 0 Å². The van der Waals surface area contributed by atoms with Gasteiger partial charge in [0, 0.05) is 45.8 Å². The molecule has 1 aliphatic heterocycles. The minimum absolute atomic E-state index is 0.157. The van der Waals surface area contributed by atoms with Gasteiger partial charge in [-0.15, -0.1) is 0 Å². The molecule has 10 heteroatoms. The van der Waals surface area contributed by atoms with E-state index in [1.165, 1.54) is 10.6 Å². The maximum atomic E-state index is 12.4. The molecule has 0 saturated carbocycles. The van der Waals surface area contributed by atoms with Gasteiger partial charge in [-0.2, -0.15) is 4.31 Å². The maximum Gasteiger partial charge on any atom is 0.220 e. The van der Waals surface area contributed by atoms with Crippen molar-refractivity contribution in [2.45, 2.75) is 31.6 Å². The molecule has 1 fully saturated rings. The van der Waals surface area contributed by atoms with E-state index in [0.29, 0.717) is 50.8 Å². The third-order valence-electron chi connectivity index (χ3n) is 4.35. The number of aliphatic hydroxyl groups is 1. The number of nitrogens with one attached hydrogen (secondary N) is 1. The molecule has 0 spiro atoms. The van der Waals surface area contributed by atoms with Crippen molar-refractivity contribution < 1.29 is 18.0 Å². The second-order valence-electron chi connectivity index (χ2n) is 6.38. The first-order chi connectivity index (χ1) is 11.8. The predicted molar refractivity (Wildman–Crippen MR) is 94.5 cm³/mol. The van der Waals surface area contributed by atoms with Crippen LogP contribution in [0.5, 0.6) is 0 Å². The lowest BCUT2D eigenvalue weighted by Crippen LogP contribution is -2.55. The number of aromatic nitrogens is 1. The zero-order valence-corrected chi connectivity index (χ0v) is 15.8. The lowest BCUT2D eigenvalue weighted by Gasteiger charge is -2.36. The van der Waals surface area contributed by atoms with E-state index in [4.69, 9.17) is 0 Å². The van der Waals surface area contributed by atoms with Gasteiger partial charge in [-0.3, -0.25) is 4.99 Å². The number of piperazine rings is 1. The second-order valence-corrected chi connectivity index (χ2v) is 8.35. The van der Waals surface area contributed by atoms with Crippen molar-refractivity contribution in [3.8, 4) is 0 Å². The van der Waals surface area contributed by atoms with Gasteiger partial charge >= 0.3 is 0 Å². The van der Waals surface area contributed by atoms with Crippen molar-refractivity contribution in [1.29, 1.82) is 0 Å². The van der Waals surface area contributed by atoms with Gasteiger partial charge < -0.3 is 19.8 Å². The van der Waals surface area contributed by atoms with Gasteiger partial charge in [0.25, 0.3) is 0 Å². The summed E-state index contributed by atoms with van der Waals surface area (Å²) >= 11 is 0. The van der Waals surface area contributed by atoms with Crippen LogP contribution in [0, 0.1) is 0 Å². The molecule has 0 amide bonds. The number of aliphatic imine (C=N–C) groups is 1. The quantitative estimate of drug-likeness (QED) is 0.527. The minimum Gasteiger partial charge on any atom is -0.388 e. The van der Waals surface area contributed by atoms with Crippen LogP contribution in [0.25, 0.3) is 0 Å². The molecule has 0 aliphatic carbocycles. The highest BCUT2D eigenvalue weighted by atomic mass is 32.2. The van der Waals surface area contributed by atoms with Crippen molar-refractivity contribution in [2.24, 2.45) is 4.99 Å². The molecule has 0 aromatic carbocycles. The van der Waals surface area contributed by atoms with Gasteiger partial charge in [0.15, 0.2) is 5.96 Å². The maximum absolute atomic E-state index is 12.4. The summed E-state index contributed by atoms with van der Waals surface area (Å²) in [4.78, 5) is 6.22. The Balaban J connectivity index is 1.89. The van der Waals surface area contributed by atoms with E-state index < -0.39 is 15.6 Å². The third kappa shape index (κ3) is 5.41. The molecule has 2 heterocycles. The number of rotatable bonds is 6. The van der Waals surface area contributed by atoms with E-state index in [-0.39, 0.29) is 5.75 Å². The summed E-state index contributed by atoms with van der Waals surface area (Å²) in [5, 5.41) is 16.9. The highest BCUT2D eigenvalue weighted by Gasteiger charge is 2.29. The molecule has 1 aromatic heterocycles. The van der Waals surface area contributed by atoms with Gasteiger partial charge in [0.2, 0.25) is 10.0 Å². The zero-order valence-electron chi connectivity index (χ0n) is 15.0. The van der Waals surface area contributed by atoms with Gasteiger partial charge in [-0.1, -0.05) is 12.1 Å². The molecular formula is C15H27N5O4S. The number of nitrogens with zero attached hydrogens (tertiary/aromatic N) is 4. The Morgan fingerprint density at radius 3 is 2.64 bits per heavy atom. The Morgan fingerprint density at radius 1 is 1.44 bits per heavy atom. The average Bonchev–Trinajstić information content (AvgIpc) is 3.08. The molecule has 25 heavy (non-hydrogen) atoms. The molecule has 0 radical (unpaired) electrons. The first-order valence-electron chi connectivity index (χ1n) is 8.32. The lowest BCUT2D eigenvalue weighted by atomic mass is 10.0. The van der Waals surface area contributed by atoms with Crippen LogP contribution in [0.4, 0.5) is 0 Å². The molecule has 9 nitrogen and oxygen atoms in total. The standard InChI is InChI=1S/C15H27N5O4S/c1-4-15(2,21)12-17-14(16-3)19-6-8-20(9-7-19)25(22,23)11-13-5-10-24-18-13/h5,10,21H,4,6-9,11-12H2,1-3H3,(H,16,17). The SMILES string of the molecule is CCC(C)(O)CNC(=NC)N1CCN(S(=O)(=O)Cc2ccon2)CC1. The zero-order chi connectivity index (χ0) is 18.5. The highest BCUT2D eigenvalue weighted by Crippen LogP contribution is 2.13. The number of sulfonamides is 1. The largest absolute Gasteiger partial charge is 0.388 e. The van der Waals surface area contributed by atoms with Crippen LogP contribution in [0.15, 0.2) is 21.8 Å². The molecule has 2 N–H and O–H groups in total. The molecule has 1 saturated heterocycles. The molecule has 1 aliphatic rings. The first-order valence-corrected chi connectivity index (χ1v) is 9.93. The molecule has 142 valence electrons. The highest BCUT2D eigenvalue weighted by molar-refractivity contribution is 7.88. The van der Waals surface area contributed by atoms with Crippen LogP contribution in [-0.4, -0.2) is 79.2 Å². The van der Waals surface area contributed by atoms with Crippen LogP contribution in [0.2, 0.25) is 0 Å². The van der Waals surface area contributed by atoms with Gasteiger partial charge in [0.1, 0.15) is 12.0 Å². The van der Waals surface area contributed by atoms with Crippen LogP contribution in [-0.2, 0) is 15.8 Å². The van der Waals surface area contributed by atoms with Crippen molar-refractivity contribution in [2.75, 3.05) is 39.8 Å². The summed E-state index contributed by atoms with van der Waals surface area (Å²) in [6.45, 7) is 5.90. The summed E-state index contributed by atoms with van der Waals surface area (Å²) in [5.74, 6) is 0.512. The first kappa shape index (κ1) is 19.7. The summed E-state index contributed by atoms with van der Waals surface area (Å²) in [6, 6.07) is 1.55. The van der Waals surface area contributed by atoms with Gasteiger partial charge in [-0.25, -0.2) is 8.42 Å². The fourth-order valence-electron chi connectivity index (χ4n) is 2.49. The normalized spacial score (nSPS) is 19.7. The predicted octanol–water partition coefficient (Wildman–Crippen LogP) is -0.142. The summed E-state index contributed by atoms with van der Waals surface area (Å²) < 4.78 is 31.0. The van der Waals surface area contributed by atoms with Crippen molar-refractivity contribution in [3.63, 3.8) is 0 Å². The van der Waals surface area contributed by atoms with E-state index >= 15 is 0 Å². The monoisotopic (exact) mass is 373 g/mol. The smallest absolute Gasteiger partial charge is 0.220 e. The number of hydrogen-bond acceptors (Lipinski definition) is 6. The third-order valence-corrected chi connectivity index (χ3v) is 6.17. The van der Waals surface area contributed by atoms with E-state index in [1.54, 1.807) is 20.0 Å². The molecule has 1 aromatic rings. The van der Waals surface area contributed by atoms with Crippen LogP contribution < -0.4 is 5.32 Å². The molecule has 1 unspecified atom stereocenters. The molecule has 0 bridgehead atoms. The van der Waals surface area contributed by atoms with E-state index in [9.17, 15) is 13.5 Å². The van der Waals surface area contributed by atoms with Gasteiger partial charge in [0.05, 0.1) is 11.3 Å². The second kappa shape index (κ2) is 8.15. The van der Waals surface area contributed by atoms with Crippen molar-refractivity contribution in [1.82, 2.24) is 19.7 Å². The van der Waals surface area contributed by atoms with E-state index in [2.05, 4.69) is 20.0 Å². The Bertz CT molecular complexity index is 664. The Morgan fingerprint density at radius 2 is 2.12 bits per heavy atom. The molecule has 2 rings (SSSR count). The Kier molecular flexibility index (Phi) is 6.42. The Hall–Kier alpha value is -1.65. The summed E-state index contributed by atoms with van der Waals surface area (Å²) in [6.07, 6.45) is 1.99. The number of hydrogen-bond donors (Lipinski definition) is 2. The summed E-state index contributed by atoms with van der Waals surface area (Å²) in [7, 11) is -1.74. The lowest BCUT2D eigenvalue weighted by molar-refractivity contribution is 0.0595. The average molecular weight is 373 g/mol. The molecule has 1 atom stereocenters. The van der Waals surface area contributed by atoms with Crippen LogP contribution >= 0.6 is 0 Å². The summed E-state index contributed by atoms with van der Waals surface area (Å²) in [5.41, 5.74) is -0.402. The van der Waals surface area contributed by atoms with E-state index in [0.717, 1.165) is 0 Å². The number of guanidine groups is 1. The molecular weight excluding hydrogens is 346 g/mol. The van der Waals surface area contributed by atoms with Gasteiger partial charge in [-0.05, 0) is 13.3 Å². The van der Waals surface area contributed by atoms with Crippen LogP contribution in [0.1, 0.15) is 26.0 Å². The van der Waals surface area contributed by atoms with Crippen molar-refractivity contribution >= 4 is 16.0 Å². The topological polar surface area (TPSA) is 111 Å². The van der Waals surface area contributed by atoms with E-state index in [1.807, 2.05) is 11.8 Å².